The molecule has 1 aromatic heterocycles. The van der Waals surface area contributed by atoms with Gasteiger partial charge in [0, 0.05) is 33.8 Å². The summed E-state index contributed by atoms with van der Waals surface area (Å²) < 4.78 is 2.93. The molecule has 0 radical (unpaired) electrons. The van der Waals surface area contributed by atoms with E-state index < -0.39 is 0 Å². The molecule has 0 bridgehead atoms. The van der Waals surface area contributed by atoms with E-state index in [1.54, 1.807) is 19.3 Å². The summed E-state index contributed by atoms with van der Waals surface area (Å²) in [5.74, 6) is -0.328. The van der Waals surface area contributed by atoms with Crippen LogP contribution in [0.2, 0.25) is 0 Å². The number of carbonyl (C=O) groups is 1. The number of aryl methyl sites for hydroxylation is 1. The number of rotatable bonds is 2. The Kier molecular flexibility index (Phi) is 4.21. The molecule has 0 aliphatic carbocycles. The molecule has 2 aromatic rings. The van der Waals surface area contributed by atoms with Gasteiger partial charge in [-0.2, -0.15) is 0 Å². The van der Waals surface area contributed by atoms with E-state index in [0.717, 1.165) is 8.95 Å². The van der Waals surface area contributed by atoms with Crippen molar-refractivity contribution in [3.8, 4) is 0 Å². The third-order valence-corrected chi connectivity index (χ3v) is 3.89. The monoisotopic (exact) mass is 384 g/mol. The number of nitrogens with zero attached hydrogens (tertiary/aromatic N) is 1. The van der Waals surface area contributed by atoms with Crippen molar-refractivity contribution in [3.05, 3.63) is 61.4 Å². The van der Waals surface area contributed by atoms with Crippen molar-refractivity contribution in [2.45, 2.75) is 0 Å². The van der Waals surface area contributed by atoms with Crippen LogP contribution in [-0.2, 0) is 7.05 Å². The molecule has 0 aliphatic rings. The average molecular weight is 386 g/mol. The summed E-state index contributed by atoms with van der Waals surface area (Å²) in [6.07, 6.45) is 1.56. The maximum Gasteiger partial charge on any atom is 0.255 e. The zero-order chi connectivity index (χ0) is 14.0. The van der Waals surface area contributed by atoms with E-state index in [2.05, 4.69) is 37.2 Å². The first-order valence-corrected chi connectivity index (χ1v) is 6.99. The fraction of sp³-hybridized carbons (Fsp3) is 0.0769. The van der Waals surface area contributed by atoms with Gasteiger partial charge in [-0.3, -0.25) is 9.59 Å². The summed E-state index contributed by atoms with van der Waals surface area (Å²) in [5, 5.41) is 2.76. The zero-order valence-corrected chi connectivity index (χ0v) is 13.2. The van der Waals surface area contributed by atoms with Crippen molar-refractivity contribution < 1.29 is 4.79 Å². The van der Waals surface area contributed by atoms with E-state index in [0.29, 0.717) is 11.3 Å². The molecule has 1 N–H and O–H groups in total. The van der Waals surface area contributed by atoms with E-state index in [4.69, 9.17) is 0 Å². The number of hydrogen-bond donors (Lipinski definition) is 1. The van der Waals surface area contributed by atoms with Gasteiger partial charge in [0.25, 0.3) is 11.5 Å². The van der Waals surface area contributed by atoms with Gasteiger partial charge in [0.1, 0.15) is 0 Å². The molecule has 0 unspecified atom stereocenters. The molecule has 1 heterocycles. The van der Waals surface area contributed by atoms with Crippen LogP contribution >= 0.6 is 31.9 Å². The van der Waals surface area contributed by atoms with Crippen LogP contribution in [-0.4, -0.2) is 10.5 Å². The minimum Gasteiger partial charge on any atom is -0.320 e. The van der Waals surface area contributed by atoms with Crippen molar-refractivity contribution in [3.63, 3.8) is 0 Å². The molecule has 0 atom stereocenters. The maximum absolute atomic E-state index is 12.1. The standard InChI is InChI=1S/C13H10Br2N2O2/c1-17-6-5-8(7-11(17)18)13(19)16-12-9(14)3-2-4-10(12)15/h2-7H,1H3,(H,16,19). The van der Waals surface area contributed by atoms with E-state index in [9.17, 15) is 9.59 Å². The number of carbonyl (C=O) groups excluding carboxylic acids is 1. The summed E-state index contributed by atoms with van der Waals surface area (Å²) in [5.41, 5.74) is 0.734. The molecule has 98 valence electrons. The number of aromatic nitrogens is 1. The van der Waals surface area contributed by atoms with Crippen LogP contribution in [0.5, 0.6) is 0 Å². The van der Waals surface area contributed by atoms with Gasteiger partial charge in [0.05, 0.1) is 5.69 Å². The number of pyridine rings is 1. The smallest absolute Gasteiger partial charge is 0.255 e. The lowest BCUT2D eigenvalue weighted by Gasteiger charge is -2.09. The van der Waals surface area contributed by atoms with Gasteiger partial charge in [-0.05, 0) is 50.1 Å². The largest absolute Gasteiger partial charge is 0.320 e. The minimum absolute atomic E-state index is 0.223. The lowest BCUT2D eigenvalue weighted by atomic mass is 10.2. The van der Waals surface area contributed by atoms with Crippen molar-refractivity contribution in [2.24, 2.45) is 7.05 Å². The van der Waals surface area contributed by atoms with Crippen molar-refractivity contribution >= 4 is 43.5 Å². The first-order valence-electron chi connectivity index (χ1n) is 5.41. The number of anilines is 1. The van der Waals surface area contributed by atoms with Crippen LogP contribution in [0, 0.1) is 0 Å². The van der Waals surface area contributed by atoms with Gasteiger partial charge >= 0.3 is 0 Å². The molecule has 0 saturated carbocycles. The second-order valence-corrected chi connectivity index (χ2v) is 5.62. The molecular weight excluding hydrogens is 376 g/mol. The molecule has 6 heteroatoms. The maximum atomic E-state index is 12.1. The van der Waals surface area contributed by atoms with Gasteiger partial charge < -0.3 is 9.88 Å². The zero-order valence-electron chi connectivity index (χ0n) is 9.98. The first kappa shape index (κ1) is 14.0. The number of benzene rings is 1. The predicted molar refractivity (Wildman–Crippen MR) is 81.5 cm³/mol. The van der Waals surface area contributed by atoms with Crippen LogP contribution in [0.3, 0.4) is 0 Å². The Morgan fingerprint density at radius 2 is 1.84 bits per heavy atom. The first-order chi connectivity index (χ1) is 8.99. The van der Waals surface area contributed by atoms with Crippen molar-refractivity contribution in [1.29, 1.82) is 0 Å². The molecule has 1 amide bonds. The fourth-order valence-electron chi connectivity index (χ4n) is 1.49. The van der Waals surface area contributed by atoms with Gasteiger partial charge in [0.15, 0.2) is 0 Å². The highest BCUT2D eigenvalue weighted by molar-refractivity contribution is 9.11. The molecule has 19 heavy (non-hydrogen) atoms. The highest BCUT2D eigenvalue weighted by atomic mass is 79.9. The second kappa shape index (κ2) is 5.71. The van der Waals surface area contributed by atoms with Gasteiger partial charge in [-0.1, -0.05) is 6.07 Å². The van der Waals surface area contributed by atoms with E-state index in [1.807, 2.05) is 18.2 Å². The number of amides is 1. The van der Waals surface area contributed by atoms with Gasteiger partial charge in [-0.25, -0.2) is 0 Å². The third-order valence-electron chi connectivity index (χ3n) is 2.57. The van der Waals surface area contributed by atoms with Gasteiger partial charge in [-0.15, -0.1) is 0 Å². The summed E-state index contributed by atoms with van der Waals surface area (Å²) in [7, 11) is 1.63. The van der Waals surface area contributed by atoms with Crippen LogP contribution in [0.15, 0.2) is 50.3 Å². The van der Waals surface area contributed by atoms with Crippen molar-refractivity contribution in [1.82, 2.24) is 4.57 Å². The second-order valence-electron chi connectivity index (χ2n) is 3.92. The third kappa shape index (κ3) is 3.13. The highest BCUT2D eigenvalue weighted by Gasteiger charge is 2.11. The van der Waals surface area contributed by atoms with Gasteiger partial charge in [0.2, 0.25) is 0 Å². The topological polar surface area (TPSA) is 51.1 Å². The molecule has 4 nitrogen and oxygen atoms in total. The Morgan fingerprint density at radius 3 is 2.42 bits per heavy atom. The number of nitrogens with one attached hydrogen (secondary N) is 1. The summed E-state index contributed by atoms with van der Waals surface area (Å²) in [6.45, 7) is 0. The summed E-state index contributed by atoms with van der Waals surface area (Å²) >= 11 is 6.73. The Bertz CT molecular complexity index is 675. The molecule has 0 saturated heterocycles. The van der Waals surface area contributed by atoms with Crippen LogP contribution in [0.4, 0.5) is 5.69 Å². The van der Waals surface area contributed by atoms with Crippen LogP contribution in [0.25, 0.3) is 0 Å². The fourth-order valence-corrected chi connectivity index (χ4v) is 2.69. The average Bonchev–Trinajstić information content (AvgIpc) is 2.37. The number of para-hydroxylation sites is 1. The Balaban J connectivity index is 2.31. The number of hydrogen-bond acceptors (Lipinski definition) is 2. The lowest BCUT2D eigenvalue weighted by molar-refractivity contribution is 0.102. The normalized spacial score (nSPS) is 10.3. The van der Waals surface area contributed by atoms with E-state index >= 15 is 0 Å². The molecule has 0 fully saturated rings. The van der Waals surface area contributed by atoms with E-state index in [-0.39, 0.29) is 11.5 Å². The van der Waals surface area contributed by atoms with Crippen LogP contribution < -0.4 is 10.9 Å². The summed E-state index contributed by atoms with van der Waals surface area (Å²) in [6, 6.07) is 8.40. The van der Waals surface area contributed by atoms with E-state index in [1.165, 1.54) is 10.6 Å². The molecule has 1 aromatic carbocycles. The number of halogens is 2. The Hall–Kier alpha value is -1.40. The molecule has 0 aliphatic heterocycles. The molecule has 2 rings (SSSR count). The summed E-state index contributed by atoms with van der Waals surface area (Å²) in [4.78, 5) is 23.6. The molecule has 0 spiro atoms. The van der Waals surface area contributed by atoms with Crippen LogP contribution in [0.1, 0.15) is 10.4 Å². The highest BCUT2D eigenvalue weighted by Crippen LogP contribution is 2.30. The molecular formula is C13H10Br2N2O2. The SMILES string of the molecule is Cn1ccc(C(=O)Nc2c(Br)cccc2Br)cc1=O. The Morgan fingerprint density at radius 1 is 1.21 bits per heavy atom. The lowest BCUT2D eigenvalue weighted by Crippen LogP contribution is -2.20. The van der Waals surface area contributed by atoms with Crippen molar-refractivity contribution in [2.75, 3.05) is 5.32 Å². The minimum atomic E-state index is -0.328. The Labute approximate surface area is 126 Å². The quantitative estimate of drug-likeness (QED) is 0.863. The predicted octanol–water partition coefficient (Wildman–Crippen LogP) is 3.16.